The number of nitrogens with zero attached hydrogens (tertiary/aromatic N) is 3. The van der Waals surface area contributed by atoms with Crippen LogP contribution in [0.2, 0.25) is 0 Å². The van der Waals surface area contributed by atoms with Crippen LogP contribution in [-0.4, -0.2) is 18.3 Å². The zero-order valence-electron chi connectivity index (χ0n) is 9.91. The lowest BCUT2D eigenvalue weighted by atomic mass is 10.0. The van der Waals surface area contributed by atoms with Crippen molar-refractivity contribution in [3.05, 3.63) is 40.3 Å². The van der Waals surface area contributed by atoms with Crippen LogP contribution >= 0.6 is 0 Å². The molecule has 0 bridgehead atoms. The first-order valence-corrected chi connectivity index (χ1v) is 5.69. The summed E-state index contributed by atoms with van der Waals surface area (Å²) < 4.78 is 5.34. The van der Waals surface area contributed by atoms with Crippen molar-refractivity contribution in [2.45, 2.75) is 25.8 Å². The molecular formula is C12H17N3O2. The van der Waals surface area contributed by atoms with Gasteiger partial charge in [-0.1, -0.05) is 17.2 Å². The minimum absolute atomic E-state index is 0.106. The topological polar surface area (TPSA) is 78.2 Å². The standard InChI is InChI=1S/C12H17N3O2/c1-2-17-11-7-5-10(6-8-11)12(14-15-13)4-3-9-16/h5-8,12,16H,2-4,9H2,1H3. The average molecular weight is 235 g/mol. The fourth-order valence-corrected chi connectivity index (χ4v) is 1.59. The number of aliphatic hydroxyl groups is 1. The van der Waals surface area contributed by atoms with Crippen molar-refractivity contribution in [1.29, 1.82) is 0 Å². The van der Waals surface area contributed by atoms with Gasteiger partial charge in [-0.15, -0.1) is 0 Å². The summed E-state index contributed by atoms with van der Waals surface area (Å²) in [5, 5.41) is 12.5. The molecule has 5 nitrogen and oxygen atoms in total. The van der Waals surface area contributed by atoms with E-state index in [1.54, 1.807) is 0 Å². The predicted molar refractivity (Wildman–Crippen MR) is 65.8 cm³/mol. The summed E-state index contributed by atoms with van der Waals surface area (Å²) in [6.07, 6.45) is 1.27. The van der Waals surface area contributed by atoms with Gasteiger partial charge in [0.1, 0.15) is 5.75 Å². The van der Waals surface area contributed by atoms with E-state index in [0.29, 0.717) is 19.4 Å². The molecule has 0 radical (unpaired) electrons. The van der Waals surface area contributed by atoms with E-state index in [9.17, 15) is 0 Å². The smallest absolute Gasteiger partial charge is 0.119 e. The maximum atomic E-state index is 8.79. The van der Waals surface area contributed by atoms with Gasteiger partial charge in [0.15, 0.2) is 0 Å². The van der Waals surface area contributed by atoms with E-state index in [1.807, 2.05) is 31.2 Å². The van der Waals surface area contributed by atoms with Crippen LogP contribution in [0.1, 0.15) is 31.4 Å². The fraction of sp³-hybridized carbons (Fsp3) is 0.500. The van der Waals surface area contributed by atoms with Crippen LogP contribution in [-0.2, 0) is 0 Å². The summed E-state index contributed by atoms with van der Waals surface area (Å²) in [5.74, 6) is 0.804. The molecule has 0 spiro atoms. The van der Waals surface area contributed by atoms with Crippen molar-refractivity contribution in [3.8, 4) is 5.75 Å². The Hall–Kier alpha value is -1.71. The lowest BCUT2D eigenvalue weighted by molar-refractivity contribution is 0.280. The molecule has 5 heteroatoms. The summed E-state index contributed by atoms with van der Waals surface area (Å²) in [6, 6.07) is 7.28. The molecule has 0 amide bonds. The normalized spacial score (nSPS) is 11.6. The summed E-state index contributed by atoms with van der Waals surface area (Å²) in [6.45, 7) is 2.66. The number of hydrogen-bond donors (Lipinski definition) is 1. The molecule has 1 unspecified atom stereocenters. The van der Waals surface area contributed by atoms with Gasteiger partial charge in [0.25, 0.3) is 0 Å². The SMILES string of the molecule is CCOc1ccc(C(CCCO)N=[N+]=[N-])cc1. The van der Waals surface area contributed by atoms with Crippen molar-refractivity contribution < 1.29 is 9.84 Å². The van der Waals surface area contributed by atoms with Gasteiger partial charge in [-0.25, -0.2) is 0 Å². The Labute approximate surface area is 101 Å². The van der Waals surface area contributed by atoms with Gasteiger partial charge in [-0.3, -0.25) is 0 Å². The third kappa shape index (κ3) is 4.34. The Morgan fingerprint density at radius 2 is 2.12 bits per heavy atom. The molecule has 0 heterocycles. The van der Waals surface area contributed by atoms with Gasteiger partial charge in [0.05, 0.1) is 12.6 Å². The molecule has 1 aromatic rings. The van der Waals surface area contributed by atoms with E-state index in [1.165, 1.54) is 0 Å². The number of azide groups is 1. The predicted octanol–water partition coefficient (Wildman–Crippen LogP) is 3.21. The quantitative estimate of drug-likeness (QED) is 0.447. The third-order valence-electron chi connectivity index (χ3n) is 2.40. The molecule has 1 aromatic carbocycles. The van der Waals surface area contributed by atoms with Gasteiger partial charge in [0, 0.05) is 11.5 Å². The lowest BCUT2D eigenvalue weighted by Crippen LogP contribution is -1.97. The Morgan fingerprint density at radius 1 is 1.41 bits per heavy atom. The molecule has 0 aromatic heterocycles. The first-order valence-electron chi connectivity index (χ1n) is 5.69. The summed E-state index contributed by atoms with van der Waals surface area (Å²) in [5.41, 5.74) is 9.45. The molecule has 1 rings (SSSR count). The molecule has 1 atom stereocenters. The minimum Gasteiger partial charge on any atom is -0.494 e. The van der Waals surface area contributed by atoms with Crippen LogP contribution in [0, 0.1) is 0 Å². The number of rotatable bonds is 7. The fourth-order valence-electron chi connectivity index (χ4n) is 1.59. The molecule has 0 aliphatic carbocycles. The summed E-state index contributed by atoms with van der Waals surface area (Å²) >= 11 is 0. The second-order valence-corrected chi connectivity index (χ2v) is 3.59. The summed E-state index contributed by atoms with van der Waals surface area (Å²) in [7, 11) is 0. The highest BCUT2D eigenvalue weighted by molar-refractivity contribution is 5.29. The molecule has 0 aliphatic heterocycles. The molecule has 17 heavy (non-hydrogen) atoms. The van der Waals surface area contributed by atoms with Crippen molar-refractivity contribution in [2.24, 2.45) is 5.11 Å². The maximum Gasteiger partial charge on any atom is 0.119 e. The minimum atomic E-state index is -0.220. The average Bonchev–Trinajstić information content (AvgIpc) is 2.36. The zero-order chi connectivity index (χ0) is 12.5. The first kappa shape index (κ1) is 13.4. The van der Waals surface area contributed by atoms with Crippen LogP contribution in [0.4, 0.5) is 0 Å². The van der Waals surface area contributed by atoms with E-state index in [4.69, 9.17) is 15.4 Å². The number of aliphatic hydroxyl groups excluding tert-OH is 1. The Morgan fingerprint density at radius 3 is 2.65 bits per heavy atom. The Kier molecular flexibility index (Phi) is 5.93. The second kappa shape index (κ2) is 7.54. The molecular weight excluding hydrogens is 218 g/mol. The zero-order valence-corrected chi connectivity index (χ0v) is 9.91. The highest BCUT2D eigenvalue weighted by atomic mass is 16.5. The van der Waals surface area contributed by atoms with Crippen molar-refractivity contribution in [2.75, 3.05) is 13.2 Å². The van der Waals surface area contributed by atoms with E-state index in [0.717, 1.165) is 11.3 Å². The highest BCUT2D eigenvalue weighted by Crippen LogP contribution is 2.25. The Balaban J connectivity index is 2.75. The molecule has 1 N–H and O–H groups in total. The number of hydrogen-bond acceptors (Lipinski definition) is 3. The van der Waals surface area contributed by atoms with Crippen LogP contribution < -0.4 is 4.74 Å². The van der Waals surface area contributed by atoms with Gasteiger partial charge in [-0.05, 0) is 43.0 Å². The van der Waals surface area contributed by atoms with Gasteiger partial charge < -0.3 is 9.84 Å². The third-order valence-corrected chi connectivity index (χ3v) is 2.40. The van der Waals surface area contributed by atoms with Crippen LogP contribution in [0.3, 0.4) is 0 Å². The summed E-state index contributed by atoms with van der Waals surface area (Å²) in [4.78, 5) is 2.84. The molecule has 0 fully saturated rings. The van der Waals surface area contributed by atoms with Gasteiger partial charge >= 0.3 is 0 Å². The van der Waals surface area contributed by atoms with Crippen LogP contribution in [0.25, 0.3) is 10.4 Å². The van der Waals surface area contributed by atoms with Crippen LogP contribution in [0.5, 0.6) is 5.75 Å². The number of ether oxygens (including phenoxy) is 1. The molecule has 92 valence electrons. The molecule has 0 aliphatic rings. The monoisotopic (exact) mass is 235 g/mol. The van der Waals surface area contributed by atoms with Crippen molar-refractivity contribution >= 4 is 0 Å². The molecule has 0 saturated heterocycles. The van der Waals surface area contributed by atoms with E-state index in [2.05, 4.69) is 10.0 Å². The Bertz CT molecular complexity index is 372. The second-order valence-electron chi connectivity index (χ2n) is 3.59. The number of benzene rings is 1. The highest BCUT2D eigenvalue weighted by Gasteiger charge is 2.08. The lowest BCUT2D eigenvalue weighted by Gasteiger charge is -2.11. The molecule has 0 saturated carbocycles. The van der Waals surface area contributed by atoms with E-state index in [-0.39, 0.29) is 12.6 Å². The largest absolute Gasteiger partial charge is 0.494 e. The van der Waals surface area contributed by atoms with E-state index < -0.39 is 0 Å². The van der Waals surface area contributed by atoms with Gasteiger partial charge in [0.2, 0.25) is 0 Å². The van der Waals surface area contributed by atoms with Crippen molar-refractivity contribution in [1.82, 2.24) is 0 Å². The van der Waals surface area contributed by atoms with E-state index >= 15 is 0 Å². The van der Waals surface area contributed by atoms with Crippen molar-refractivity contribution in [3.63, 3.8) is 0 Å². The first-order chi connectivity index (χ1) is 8.31. The van der Waals surface area contributed by atoms with Gasteiger partial charge in [-0.2, -0.15) is 0 Å². The van der Waals surface area contributed by atoms with Crippen LogP contribution in [0.15, 0.2) is 29.4 Å². The maximum absolute atomic E-state index is 8.79.